The second kappa shape index (κ2) is 6.56. The van der Waals surface area contributed by atoms with Gasteiger partial charge in [-0.15, -0.1) is 0 Å². The fourth-order valence-corrected chi connectivity index (χ4v) is 2.70. The predicted octanol–water partition coefficient (Wildman–Crippen LogP) is 2.65. The first-order valence-electron chi connectivity index (χ1n) is 7.95. The third kappa shape index (κ3) is 3.25. The van der Waals surface area contributed by atoms with Gasteiger partial charge in [-0.3, -0.25) is 19.6 Å². The Hall–Kier alpha value is -3.48. The Balaban J connectivity index is 1.48. The van der Waals surface area contributed by atoms with Crippen molar-refractivity contribution in [2.24, 2.45) is 0 Å². The molecule has 0 unspecified atom stereocenters. The van der Waals surface area contributed by atoms with E-state index >= 15 is 0 Å². The van der Waals surface area contributed by atoms with Gasteiger partial charge < -0.3 is 5.32 Å². The zero-order chi connectivity index (χ0) is 17.1. The number of nitrogens with zero attached hydrogens (tertiary/aromatic N) is 4. The lowest BCUT2D eigenvalue weighted by molar-refractivity contribution is 0.101. The number of carbonyl (C=O) groups is 1. The van der Waals surface area contributed by atoms with E-state index in [9.17, 15) is 4.79 Å². The van der Waals surface area contributed by atoms with Crippen molar-refractivity contribution in [2.75, 3.05) is 5.32 Å². The first-order chi connectivity index (χ1) is 12.3. The van der Waals surface area contributed by atoms with Crippen LogP contribution in [0.3, 0.4) is 0 Å². The van der Waals surface area contributed by atoms with Crippen LogP contribution in [0.1, 0.15) is 16.1 Å². The molecule has 0 aliphatic carbocycles. The molecule has 0 saturated heterocycles. The Morgan fingerprint density at radius 2 is 2.00 bits per heavy atom. The standard InChI is InChI=1S/C18H16N6O/c25-18(22-15-1-2-16-14(11-15)12-20-23-16)17-5-9-21-24(17)10-6-13-3-7-19-8-4-13/h1-5,7-9,11-12H,6,10H2,(H,20,23)(H,22,25). The molecule has 0 atom stereocenters. The van der Waals surface area contributed by atoms with Gasteiger partial charge in [0.15, 0.2) is 0 Å². The minimum atomic E-state index is -0.185. The van der Waals surface area contributed by atoms with Gasteiger partial charge in [-0.05, 0) is 48.4 Å². The summed E-state index contributed by atoms with van der Waals surface area (Å²) in [6.07, 6.45) is 7.67. The summed E-state index contributed by atoms with van der Waals surface area (Å²) in [5, 5.41) is 15.0. The Morgan fingerprint density at radius 3 is 2.88 bits per heavy atom. The van der Waals surface area contributed by atoms with Crippen molar-refractivity contribution in [3.63, 3.8) is 0 Å². The van der Waals surface area contributed by atoms with E-state index in [0.717, 1.165) is 28.6 Å². The summed E-state index contributed by atoms with van der Waals surface area (Å²) in [5.74, 6) is -0.185. The summed E-state index contributed by atoms with van der Waals surface area (Å²) in [4.78, 5) is 16.6. The monoisotopic (exact) mass is 332 g/mol. The second-order valence-corrected chi connectivity index (χ2v) is 5.67. The van der Waals surface area contributed by atoms with Crippen LogP contribution in [0.25, 0.3) is 10.9 Å². The molecule has 0 aliphatic rings. The molecule has 4 aromatic rings. The van der Waals surface area contributed by atoms with Crippen LogP contribution in [-0.4, -0.2) is 30.9 Å². The largest absolute Gasteiger partial charge is 0.321 e. The van der Waals surface area contributed by atoms with E-state index in [-0.39, 0.29) is 5.91 Å². The number of pyridine rings is 1. The molecule has 3 aromatic heterocycles. The number of rotatable bonds is 5. The van der Waals surface area contributed by atoms with Crippen LogP contribution in [0.2, 0.25) is 0 Å². The van der Waals surface area contributed by atoms with Gasteiger partial charge in [-0.25, -0.2) is 0 Å². The molecule has 124 valence electrons. The number of benzene rings is 1. The van der Waals surface area contributed by atoms with Gasteiger partial charge in [0.05, 0.1) is 11.7 Å². The van der Waals surface area contributed by atoms with Crippen LogP contribution in [0, 0.1) is 0 Å². The third-order valence-corrected chi connectivity index (χ3v) is 4.01. The van der Waals surface area contributed by atoms with Crippen molar-refractivity contribution in [1.82, 2.24) is 25.0 Å². The lowest BCUT2D eigenvalue weighted by Crippen LogP contribution is -2.18. The number of aromatic amines is 1. The van der Waals surface area contributed by atoms with Crippen molar-refractivity contribution >= 4 is 22.5 Å². The number of nitrogens with one attached hydrogen (secondary N) is 2. The molecule has 0 aliphatic heterocycles. The topological polar surface area (TPSA) is 88.5 Å². The molecule has 0 bridgehead atoms. The van der Waals surface area contributed by atoms with Crippen LogP contribution in [0.5, 0.6) is 0 Å². The molecule has 0 radical (unpaired) electrons. The maximum absolute atomic E-state index is 12.6. The van der Waals surface area contributed by atoms with E-state index in [0.29, 0.717) is 12.2 Å². The van der Waals surface area contributed by atoms with Crippen molar-refractivity contribution in [1.29, 1.82) is 0 Å². The summed E-state index contributed by atoms with van der Waals surface area (Å²) < 4.78 is 1.71. The number of anilines is 1. The maximum atomic E-state index is 12.6. The quantitative estimate of drug-likeness (QED) is 0.588. The smallest absolute Gasteiger partial charge is 0.273 e. The molecule has 0 saturated carbocycles. The molecular formula is C18H16N6O. The third-order valence-electron chi connectivity index (χ3n) is 4.01. The lowest BCUT2D eigenvalue weighted by atomic mass is 10.2. The molecule has 1 amide bonds. The van der Waals surface area contributed by atoms with Crippen molar-refractivity contribution in [3.05, 3.63) is 72.4 Å². The first kappa shape index (κ1) is 15.1. The van der Waals surface area contributed by atoms with Gasteiger partial charge in [0.2, 0.25) is 0 Å². The minimum Gasteiger partial charge on any atom is -0.321 e. The molecular weight excluding hydrogens is 316 g/mol. The SMILES string of the molecule is O=C(Nc1ccc2[nH]ncc2c1)c1ccnn1CCc1ccncc1. The van der Waals surface area contributed by atoms with E-state index in [1.165, 1.54) is 0 Å². The van der Waals surface area contributed by atoms with Gasteiger partial charge in [0, 0.05) is 36.2 Å². The minimum absolute atomic E-state index is 0.185. The fourth-order valence-electron chi connectivity index (χ4n) is 2.70. The van der Waals surface area contributed by atoms with Crippen molar-refractivity contribution < 1.29 is 4.79 Å². The highest BCUT2D eigenvalue weighted by atomic mass is 16.2. The molecule has 3 heterocycles. The Labute approximate surface area is 143 Å². The number of hydrogen-bond donors (Lipinski definition) is 2. The molecule has 2 N–H and O–H groups in total. The average molecular weight is 332 g/mol. The zero-order valence-corrected chi connectivity index (χ0v) is 13.4. The second-order valence-electron chi connectivity index (χ2n) is 5.67. The molecule has 0 fully saturated rings. The number of amides is 1. The van der Waals surface area contributed by atoms with E-state index < -0.39 is 0 Å². The predicted molar refractivity (Wildman–Crippen MR) is 94.2 cm³/mol. The Morgan fingerprint density at radius 1 is 1.12 bits per heavy atom. The number of aryl methyl sites for hydroxylation is 2. The van der Waals surface area contributed by atoms with Crippen molar-refractivity contribution in [2.45, 2.75) is 13.0 Å². The van der Waals surface area contributed by atoms with E-state index in [4.69, 9.17) is 0 Å². The van der Waals surface area contributed by atoms with E-state index in [1.54, 1.807) is 35.5 Å². The summed E-state index contributed by atoms with van der Waals surface area (Å²) >= 11 is 0. The van der Waals surface area contributed by atoms with E-state index in [2.05, 4.69) is 25.6 Å². The van der Waals surface area contributed by atoms with Crippen molar-refractivity contribution in [3.8, 4) is 0 Å². The van der Waals surface area contributed by atoms with Crippen LogP contribution in [-0.2, 0) is 13.0 Å². The number of fused-ring (bicyclic) bond motifs is 1. The molecule has 25 heavy (non-hydrogen) atoms. The zero-order valence-electron chi connectivity index (χ0n) is 13.4. The molecule has 4 rings (SSSR count). The summed E-state index contributed by atoms with van der Waals surface area (Å²) in [7, 11) is 0. The van der Waals surface area contributed by atoms with Gasteiger partial charge in [0.25, 0.3) is 5.91 Å². The summed E-state index contributed by atoms with van der Waals surface area (Å²) in [5.41, 5.74) is 3.34. The van der Waals surface area contributed by atoms with Crippen LogP contribution < -0.4 is 5.32 Å². The number of hydrogen-bond acceptors (Lipinski definition) is 4. The highest BCUT2D eigenvalue weighted by Gasteiger charge is 2.12. The van der Waals surface area contributed by atoms with Crippen LogP contribution in [0.4, 0.5) is 5.69 Å². The molecule has 7 nitrogen and oxygen atoms in total. The molecule has 1 aromatic carbocycles. The van der Waals surface area contributed by atoms with E-state index in [1.807, 2.05) is 30.3 Å². The highest BCUT2D eigenvalue weighted by molar-refractivity contribution is 6.03. The number of carbonyl (C=O) groups excluding carboxylic acids is 1. The highest BCUT2D eigenvalue weighted by Crippen LogP contribution is 2.17. The fraction of sp³-hybridized carbons (Fsp3) is 0.111. The Bertz CT molecular complexity index is 1000. The molecule has 7 heteroatoms. The lowest BCUT2D eigenvalue weighted by Gasteiger charge is -2.09. The summed E-state index contributed by atoms with van der Waals surface area (Å²) in [6, 6.07) is 11.3. The van der Waals surface area contributed by atoms with Crippen LogP contribution in [0.15, 0.2) is 61.2 Å². The van der Waals surface area contributed by atoms with Gasteiger partial charge in [-0.1, -0.05) is 0 Å². The average Bonchev–Trinajstić information content (AvgIpc) is 3.29. The Kier molecular flexibility index (Phi) is 3.96. The van der Waals surface area contributed by atoms with Gasteiger partial charge >= 0.3 is 0 Å². The van der Waals surface area contributed by atoms with Gasteiger partial charge in [-0.2, -0.15) is 10.2 Å². The normalized spacial score (nSPS) is 10.9. The molecule has 0 spiro atoms. The number of aromatic nitrogens is 5. The first-order valence-corrected chi connectivity index (χ1v) is 7.95. The summed E-state index contributed by atoms with van der Waals surface area (Å²) in [6.45, 7) is 0.626. The van der Waals surface area contributed by atoms with Crippen LogP contribution >= 0.6 is 0 Å². The number of H-pyrrole nitrogens is 1. The van der Waals surface area contributed by atoms with Gasteiger partial charge in [0.1, 0.15) is 5.69 Å². The maximum Gasteiger partial charge on any atom is 0.273 e.